The van der Waals surface area contributed by atoms with Gasteiger partial charge in [0.2, 0.25) is 0 Å². The van der Waals surface area contributed by atoms with Gasteiger partial charge in [-0.2, -0.15) is 0 Å². The van der Waals surface area contributed by atoms with Crippen molar-refractivity contribution in [1.82, 2.24) is 0 Å². The third kappa shape index (κ3) is 4.29. The molecule has 1 nitrogen and oxygen atoms in total. The maximum absolute atomic E-state index is 13.5. The Bertz CT molecular complexity index is 415. The molecule has 0 aromatic heterocycles. The number of rotatable bonds is 5. The van der Waals surface area contributed by atoms with Gasteiger partial charge in [0.05, 0.1) is 0 Å². The van der Waals surface area contributed by atoms with E-state index in [9.17, 15) is 4.39 Å². The zero-order valence-corrected chi connectivity index (χ0v) is 13.8. The van der Waals surface area contributed by atoms with Crippen molar-refractivity contribution in [1.29, 1.82) is 0 Å². The summed E-state index contributed by atoms with van der Waals surface area (Å²) in [7, 11) is 0. The number of hydrogen-bond donors (Lipinski definition) is 1. The van der Waals surface area contributed by atoms with E-state index in [4.69, 9.17) is 5.73 Å². The van der Waals surface area contributed by atoms with Gasteiger partial charge in [0, 0.05) is 4.47 Å². The Morgan fingerprint density at radius 1 is 1.25 bits per heavy atom. The zero-order valence-electron chi connectivity index (χ0n) is 12.2. The fourth-order valence-corrected chi connectivity index (χ4v) is 4.20. The van der Waals surface area contributed by atoms with Crippen LogP contribution in [0.1, 0.15) is 44.6 Å². The van der Waals surface area contributed by atoms with Gasteiger partial charge in [-0.25, -0.2) is 4.39 Å². The third-order valence-electron chi connectivity index (χ3n) is 4.67. The van der Waals surface area contributed by atoms with Crippen LogP contribution < -0.4 is 5.73 Å². The van der Waals surface area contributed by atoms with Gasteiger partial charge in [-0.3, -0.25) is 0 Å². The molecule has 3 heteroatoms. The second kappa shape index (κ2) is 7.56. The van der Waals surface area contributed by atoms with E-state index < -0.39 is 0 Å². The molecule has 2 rings (SSSR count). The van der Waals surface area contributed by atoms with E-state index in [1.165, 1.54) is 38.2 Å². The first-order valence-corrected chi connectivity index (χ1v) is 8.56. The van der Waals surface area contributed by atoms with Crippen molar-refractivity contribution >= 4 is 15.9 Å². The largest absolute Gasteiger partial charge is 0.330 e. The second-order valence-electron chi connectivity index (χ2n) is 6.21. The van der Waals surface area contributed by atoms with E-state index in [0.717, 1.165) is 28.9 Å². The summed E-state index contributed by atoms with van der Waals surface area (Å²) in [5.74, 6) is 1.90. The normalized spacial score (nSPS) is 26.7. The Kier molecular flexibility index (Phi) is 6.03. The Hall–Kier alpha value is -0.410. The lowest BCUT2D eigenvalue weighted by atomic mass is 9.70. The predicted octanol–water partition coefficient (Wildman–Crippen LogP) is 4.92. The maximum atomic E-state index is 13.5. The molecule has 1 saturated carbocycles. The molecule has 0 bridgehead atoms. The molecule has 1 aromatic rings. The highest BCUT2D eigenvalue weighted by molar-refractivity contribution is 9.10. The van der Waals surface area contributed by atoms with Crippen LogP contribution in [0.2, 0.25) is 0 Å². The first kappa shape index (κ1) is 16.0. The summed E-state index contributed by atoms with van der Waals surface area (Å²) in [5, 5.41) is 0. The lowest BCUT2D eigenvalue weighted by Gasteiger charge is -2.36. The van der Waals surface area contributed by atoms with Crippen molar-refractivity contribution in [3.63, 3.8) is 0 Å². The van der Waals surface area contributed by atoms with Crippen molar-refractivity contribution in [3.05, 3.63) is 34.1 Å². The molecule has 0 saturated heterocycles. The molecule has 1 aliphatic rings. The summed E-state index contributed by atoms with van der Waals surface area (Å²) in [6, 6.07) is 5.23. The summed E-state index contributed by atoms with van der Waals surface area (Å²) in [5.41, 5.74) is 7.04. The van der Waals surface area contributed by atoms with Gasteiger partial charge >= 0.3 is 0 Å². The summed E-state index contributed by atoms with van der Waals surface area (Å²) in [6.07, 6.45) is 7.35. The summed E-state index contributed by atoms with van der Waals surface area (Å²) >= 11 is 3.38. The molecule has 112 valence electrons. The Morgan fingerprint density at radius 3 is 2.70 bits per heavy atom. The standard InChI is InChI=1S/C17H25BrFN/c1-2-3-12-4-5-14(11-20)15(6-12)7-13-8-16(18)10-17(19)9-13/h8-10,12,14-15H,2-7,11,20H2,1H3. The van der Waals surface area contributed by atoms with Gasteiger partial charge < -0.3 is 5.73 Å². The van der Waals surface area contributed by atoms with Gasteiger partial charge in [0.15, 0.2) is 0 Å². The average molecular weight is 342 g/mol. The molecule has 0 amide bonds. The van der Waals surface area contributed by atoms with Crippen LogP contribution in [0.25, 0.3) is 0 Å². The topological polar surface area (TPSA) is 26.0 Å². The van der Waals surface area contributed by atoms with E-state index in [0.29, 0.717) is 11.8 Å². The van der Waals surface area contributed by atoms with Crippen LogP contribution in [-0.4, -0.2) is 6.54 Å². The van der Waals surface area contributed by atoms with Crippen LogP contribution in [0, 0.1) is 23.6 Å². The van der Waals surface area contributed by atoms with Crippen LogP contribution in [0.3, 0.4) is 0 Å². The van der Waals surface area contributed by atoms with Crippen molar-refractivity contribution in [3.8, 4) is 0 Å². The first-order valence-electron chi connectivity index (χ1n) is 7.77. The van der Waals surface area contributed by atoms with E-state index >= 15 is 0 Å². The Labute approximate surface area is 130 Å². The molecule has 2 N–H and O–H groups in total. The van der Waals surface area contributed by atoms with Crippen LogP contribution >= 0.6 is 15.9 Å². The lowest BCUT2D eigenvalue weighted by Crippen LogP contribution is -2.31. The number of benzene rings is 1. The van der Waals surface area contributed by atoms with E-state index in [-0.39, 0.29) is 5.82 Å². The highest BCUT2D eigenvalue weighted by Crippen LogP contribution is 2.37. The maximum Gasteiger partial charge on any atom is 0.124 e. The van der Waals surface area contributed by atoms with Gasteiger partial charge in [-0.1, -0.05) is 42.1 Å². The predicted molar refractivity (Wildman–Crippen MR) is 86.1 cm³/mol. The summed E-state index contributed by atoms with van der Waals surface area (Å²) < 4.78 is 14.3. The molecule has 3 atom stereocenters. The molecule has 3 unspecified atom stereocenters. The molecule has 20 heavy (non-hydrogen) atoms. The number of halogens is 2. The molecule has 1 aromatic carbocycles. The smallest absolute Gasteiger partial charge is 0.124 e. The highest BCUT2D eigenvalue weighted by Gasteiger charge is 2.29. The molecule has 0 radical (unpaired) electrons. The van der Waals surface area contributed by atoms with Crippen LogP contribution in [-0.2, 0) is 6.42 Å². The SMILES string of the molecule is CCCC1CCC(CN)C(Cc2cc(F)cc(Br)c2)C1. The minimum atomic E-state index is -0.153. The van der Waals surface area contributed by atoms with Gasteiger partial charge in [-0.05, 0) is 67.3 Å². The second-order valence-corrected chi connectivity index (χ2v) is 7.12. The van der Waals surface area contributed by atoms with Gasteiger partial charge in [0.1, 0.15) is 5.82 Å². The Morgan fingerprint density at radius 2 is 2.05 bits per heavy atom. The summed E-state index contributed by atoms with van der Waals surface area (Å²) in [6.45, 7) is 3.02. The minimum absolute atomic E-state index is 0.153. The minimum Gasteiger partial charge on any atom is -0.330 e. The fraction of sp³-hybridized carbons (Fsp3) is 0.647. The highest BCUT2D eigenvalue weighted by atomic mass is 79.9. The van der Waals surface area contributed by atoms with Gasteiger partial charge in [0.25, 0.3) is 0 Å². The quantitative estimate of drug-likeness (QED) is 0.807. The Balaban J connectivity index is 2.06. The summed E-state index contributed by atoms with van der Waals surface area (Å²) in [4.78, 5) is 0. The van der Waals surface area contributed by atoms with Crippen molar-refractivity contribution < 1.29 is 4.39 Å². The third-order valence-corrected chi connectivity index (χ3v) is 5.13. The van der Waals surface area contributed by atoms with Crippen molar-refractivity contribution in [2.24, 2.45) is 23.5 Å². The lowest BCUT2D eigenvalue weighted by molar-refractivity contribution is 0.175. The molecule has 0 heterocycles. The monoisotopic (exact) mass is 341 g/mol. The zero-order chi connectivity index (χ0) is 14.5. The number of nitrogens with two attached hydrogens (primary N) is 1. The fourth-order valence-electron chi connectivity index (χ4n) is 3.69. The molecular formula is C17H25BrFN. The van der Waals surface area contributed by atoms with Crippen LogP contribution in [0.5, 0.6) is 0 Å². The molecular weight excluding hydrogens is 317 g/mol. The molecule has 1 fully saturated rings. The first-order chi connectivity index (χ1) is 9.62. The molecule has 0 aliphatic heterocycles. The number of hydrogen-bond acceptors (Lipinski definition) is 1. The molecule has 0 spiro atoms. The van der Waals surface area contributed by atoms with E-state index in [2.05, 4.69) is 22.9 Å². The van der Waals surface area contributed by atoms with Crippen LogP contribution in [0.15, 0.2) is 22.7 Å². The van der Waals surface area contributed by atoms with Crippen molar-refractivity contribution in [2.45, 2.75) is 45.4 Å². The van der Waals surface area contributed by atoms with Gasteiger partial charge in [-0.15, -0.1) is 0 Å². The average Bonchev–Trinajstić information content (AvgIpc) is 2.38. The molecule has 1 aliphatic carbocycles. The van der Waals surface area contributed by atoms with E-state index in [1.807, 2.05) is 6.07 Å². The van der Waals surface area contributed by atoms with Crippen LogP contribution in [0.4, 0.5) is 4.39 Å². The van der Waals surface area contributed by atoms with Crippen molar-refractivity contribution in [2.75, 3.05) is 6.54 Å². The van der Waals surface area contributed by atoms with E-state index in [1.54, 1.807) is 6.07 Å².